The average Bonchev–Trinajstić information content (AvgIpc) is 3.30. The summed E-state index contributed by atoms with van der Waals surface area (Å²) in [6.07, 6.45) is 5.04. The van der Waals surface area contributed by atoms with E-state index in [1.54, 1.807) is 17.0 Å². The summed E-state index contributed by atoms with van der Waals surface area (Å²) in [5, 5.41) is 0. The Morgan fingerprint density at radius 3 is 2.23 bits per heavy atom. The summed E-state index contributed by atoms with van der Waals surface area (Å²) in [5.41, 5.74) is 3.01. The molecule has 3 rings (SSSR count). The first-order chi connectivity index (χ1) is 17.0. The van der Waals surface area contributed by atoms with Crippen molar-refractivity contribution in [1.82, 2.24) is 14.4 Å². The molecule has 0 bridgehead atoms. The fraction of sp³-hybridized carbons (Fsp3) is 0.379. The maximum absolute atomic E-state index is 13.5. The number of carbonyl (C=O) groups is 2. The molecule has 0 radical (unpaired) electrons. The van der Waals surface area contributed by atoms with Crippen LogP contribution in [0.1, 0.15) is 56.4 Å². The molecule has 1 heterocycles. The highest BCUT2D eigenvalue weighted by molar-refractivity contribution is 5.84. The Hall–Kier alpha value is -3.41. The Morgan fingerprint density at radius 1 is 0.800 bits per heavy atom. The molecule has 3 aromatic rings. The number of carbonyl (C=O) groups excluding carboxylic acids is 2. The van der Waals surface area contributed by atoms with Crippen LogP contribution in [0.15, 0.2) is 72.9 Å². The Balaban J connectivity index is 1.78. The third-order valence-electron chi connectivity index (χ3n) is 6.03. The number of amides is 2. The van der Waals surface area contributed by atoms with E-state index in [-0.39, 0.29) is 24.2 Å². The molecule has 186 valence electrons. The molecular formula is C29H36FN3O2. The van der Waals surface area contributed by atoms with E-state index < -0.39 is 0 Å². The Bertz CT molecular complexity index is 1060. The van der Waals surface area contributed by atoms with E-state index in [9.17, 15) is 14.0 Å². The number of hydrogen-bond donors (Lipinski definition) is 0. The van der Waals surface area contributed by atoms with Gasteiger partial charge >= 0.3 is 0 Å². The minimum Gasteiger partial charge on any atom is -0.345 e. The lowest BCUT2D eigenvalue weighted by Gasteiger charge is -2.28. The average molecular weight is 478 g/mol. The van der Waals surface area contributed by atoms with Crippen LogP contribution >= 0.6 is 0 Å². The van der Waals surface area contributed by atoms with Crippen molar-refractivity contribution in [1.29, 1.82) is 0 Å². The number of unbranched alkanes of at least 4 members (excludes halogenated alkanes) is 1. The van der Waals surface area contributed by atoms with Crippen molar-refractivity contribution in [2.24, 2.45) is 0 Å². The number of benzene rings is 2. The summed E-state index contributed by atoms with van der Waals surface area (Å²) < 4.78 is 15.4. The van der Waals surface area contributed by atoms with Crippen LogP contribution in [0, 0.1) is 5.82 Å². The second-order valence-electron chi connectivity index (χ2n) is 8.91. The Morgan fingerprint density at radius 2 is 1.54 bits per heavy atom. The van der Waals surface area contributed by atoms with E-state index >= 15 is 0 Å². The van der Waals surface area contributed by atoms with Gasteiger partial charge in [-0.3, -0.25) is 9.59 Å². The first-order valence-corrected chi connectivity index (χ1v) is 12.5. The van der Waals surface area contributed by atoms with Gasteiger partial charge < -0.3 is 14.4 Å². The van der Waals surface area contributed by atoms with Gasteiger partial charge in [-0.1, -0.05) is 62.7 Å². The molecule has 0 aliphatic rings. The minimum atomic E-state index is -0.258. The maximum Gasteiger partial charge on any atom is 0.242 e. The lowest BCUT2D eigenvalue weighted by atomic mass is 10.2. The van der Waals surface area contributed by atoms with Gasteiger partial charge in [0.05, 0.1) is 13.1 Å². The predicted molar refractivity (Wildman–Crippen MR) is 137 cm³/mol. The highest BCUT2D eigenvalue weighted by Crippen LogP contribution is 2.15. The van der Waals surface area contributed by atoms with E-state index in [1.807, 2.05) is 60.5 Å². The quantitative estimate of drug-likeness (QED) is 0.320. The lowest BCUT2D eigenvalue weighted by molar-refractivity contribution is -0.141. The lowest BCUT2D eigenvalue weighted by Crippen LogP contribution is -2.43. The molecule has 0 atom stereocenters. The zero-order chi connectivity index (χ0) is 25.0. The van der Waals surface area contributed by atoms with Crippen LogP contribution in [0.25, 0.3) is 0 Å². The van der Waals surface area contributed by atoms with Gasteiger partial charge in [-0.25, -0.2) is 4.39 Å². The third kappa shape index (κ3) is 8.09. The van der Waals surface area contributed by atoms with Crippen LogP contribution in [0.4, 0.5) is 4.39 Å². The van der Waals surface area contributed by atoms with Crippen molar-refractivity contribution in [3.63, 3.8) is 0 Å². The first-order valence-electron chi connectivity index (χ1n) is 12.5. The van der Waals surface area contributed by atoms with Gasteiger partial charge in [0.1, 0.15) is 5.82 Å². The topological polar surface area (TPSA) is 45.6 Å². The van der Waals surface area contributed by atoms with E-state index in [2.05, 4.69) is 11.5 Å². The summed E-state index contributed by atoms with van der Waals surface area (Å²) in [6, 6.07) is 20.3. The van der Waals surface area contributed by atoms with Crippen LogP contribution < -0.4 is 0 Å². The summed E-state index contributed by atoms with van der Waals surface area (Å²) in [7, 11) is 0. The highest BCUT2D eigenvalue weighted by Gasteiger charge is 2.22. The highest BCUT2D eigenvalue weighted by atomic mass is 19.1. The molecule has 2 aromatic carbocycles. The first kappa shape index (κ1) is 26.2. The van der Waals surface area contributed by atoms with E-state index in [0.29, 0.717) is 32.6 Å². The molecule has 6 heteroatoms. The summed E-state index contributed by atoms with van der Waals surface area (Å²) in [4.78, 5) is 29.8. The zero-order valence-electron chi connectivity index (χ0n) is 20.8. The second kappa shape index (κ2) is 13.5. The fourth-order valence-corrected chi connectivity index (χ4v) is 4.08. The van der Waals surface area contributed by atoms with Crippen LogP contribution in [0.5, 0.6) is 0 Å². The maximum atomic E-state index is 13.5. The van der Waals surface area contributed by atoms with Crippen molar-refractivity contribution in [2.45, 2.75) is 59.2 Å². The summed E-state index contributed by atoms with van der Waals surface area (Å²) >= 11 is 0. The monoisotopic (exact) mass is 477 g/mol. The van der Waals surface area contributed by atoms with Gasteiger partial charge in [0, 0.05) is 37.9 Å². The fourth-order valence-electron chi connectivity index (χ4n) is 4.08. The molecule has 0 fully saturated rings. The standard InChI is InChI=1S/C29H36FN3O2/c1-3-5-13-28(34)32(18-4-2)23-29(35)33(21-24-10-7-6-8-11-24)22-27-12-9-19-31(27)20-25-14-16-26(30)17-15-25/h6-12,14-17,19H,3-5,13,18,20-23H2,1-2H3. The summed E-state index contributed by atoms with van der Waals surface area (Å²) in [5.74, 6) is -0.283. The zero-order valence-corrected chi connectivity index (χ0v) is 20.8. The van der Waals surface area contributed by atoms with Gasteiger partial charge in [0.2, 0.25) is 11.8 Å². The molecule has 0 aliphatic carbocycles. The molecule has 5 nitrogen and oxygen atoms in total. The molecular weight excluding hydrogens is 441 g/mol. The van der Waals surface area contributed by atoms with Crippen molar-refractivity contribution in [3.8, 4) is 0 Å². The molecule has 0 aliphatic heterocycles. The van der Waals surface area contributed by atoms with Crippen molar-refractivity contribution in [3.05, 3.63) is 95.6 Å². The van der Waals surface area contributed by atoms with E-state index in [0.717, 1.165) is 36.1 Å². The van der Waals surface area contributed by atoms with Gasteiger partial charge in [-0.2, -0.15) is 0 Å². The van der Waals surface area contributed by atoms with Crippen LogP contribution in [-0.2, 0) is 29.2 Å². The molecule has 2 amide bonds. The normalized spacial score (nSPS) is 10.8. The van der Waals surface area contributed by atoms with Gasteiger partial charge in [0.25, 0.3) is 0 Å². The van der Waals surface area contributed by atoms with Crippen LogP contribution in [0.3, 0.4) is 0 Å². The third-order valence-corrected chi connectivity index (χ3v) is 6.03. The molecule has 1 aromatic heterocycles. The SMILES string of the molecule is CCCCC(=O)N(CCC)CC(=O)N(Cc1ccccc1)Cc1cccn1Cc1ccc(F)cc1. The molecule has 0 saturated heterocycles. The number of halogens is 1. The Labute approximate surface area is 208 Å². The van der Waals surface area contributed by atoms with E-state index in [1.165, 1.54) is 12.1 Å². The molecule has 0 saturated carbocycles. The van der Waals surface area contributed by atoms with Crippen LogP contribution in [0.2, 0.25) is 0 Å². The molecule has 35 heavy (non-hydrogen) atoms. The van der Waals surface area contributed by atoms with Crippen LogP contribution in [-0.4, -0.2) is 39.3 Å². The minimum absolute atomic E-state index is 0.0430. The molecule has 0 N–H and O–H groups in total. The van der Waals surface area contributed by atoms with Gasteiger partial charge in [-0.15, -0.1) is 0 Å². The smallest absolute Gasteiger partial charge is 0.242 e. The number of nitrogens with zero attached hydrogens (tertiary/aromatic N) is 3. The largest absolute Gasteiger partial charge is 0.345 e. The number of rotatable bonds is 13. The second-order valence-corrected chi connectivity index (χ2v) is 8.91. The Kier molecular flexibility index (Phi) is 10.1. The van der Waals surface area contributed by atoms with Crippen molar-refractivity contribution >= 4 is 11.8 Å². The molecule has 0 unspecified atom stereocenters. The van der Waals surface area contributed by atoms with Crippen molar-refractivity contribution < 1.29 is 14.0 Å². The van der Waals surface area contributed by atoms with Gasteiger partial charge in [-0.05, 0) is 48.2 Å². The number of aromatic nitrogens is 1. The van der Waals surface area contributed by atoms with Gasteiger partial charge in [0.15, 0.2) is 0 Å². The van der Waals surface area contributed by atoms with Crippen molar-refractivity contribution in [2.75, 3.05) is 13.1 Å². The summed E-state index contributed by atoms with van der Waals surface area (Å²) in [6.45, 7) is 6.22. The predicted octanol–water partition coefficient (Wildman–Crippen LogP) is 5.63. The van der Waals surface area contributed by atoms with E-state index in [4.69, 9.17) is 0 Å². The molecule has 0 spiro atoms. The number of hydrogen-bond acceptors (Lipinski definition) is 2.